The van der Waals surface area contributed by atoms with E-state index in [1.165, 1.54) is 12.3 Å². The zero-order valence-corrected chi connectivity index (χ0v) is 9.52. The van der Waals surface area contributed by atoms with Gasteiger partial charge in [0.25, 0.3) is 11.8 Å². The van der Waals surface area contributed by atoms with Crippen LogP contribution in [0.15, 0.2) is 48.7 Å². The number of halogens is 1. The van der Waals surface area contributed by atoms with Crippen molar-refractivity contribution in [3.8, 4) is 0 Å². The summed E-state index contributed by atoms with van der Waals surface area (Å²) >= 11 is 5.73. The van der Waals surface area contributed by atoms with Crippen molar-refractivity contribution in [1.29, 1.82) is 0 Å². The van der Waals surface area contributed by atoms with E-state index in [9.17, 15) is 9.59 Å². The van der Waals surface area contributed by atoms with Gasteiger partial charge in [-0.05, 0) is 30.3 Å². The predicted molar refractivity (Wildman–Crippen MR) is 64.0 cm³/mol. The van der Waals surface area contributed by atoms with E-state index in [0.29, 0.717) is 10.6 Å². The Balaban J connectivity index is 2.20. The molecule has 0 spiro atoms. The first-order valence-corrected chi connectivity index (χ1v) is 5.29. The van der Waals surface area contributed by atoms with Crippen LogP contribution in [-0.2, 0) is 4.79 Å². The van der Waals surface area contributed by atoms with Gasteiger partial charge in [0.1, 0.15) is 0 Å². The second kappa shape index (κ2) is 4.84. The van der Waals surface area contributed by atoms with Crippen LogP contribution < -0.4 is 5.43 Å². The molecule has 1 heterocycles. The van der Waals surface area contributed by atoms with E-state index >= 15 is 0 Å². The minimum atomic E-state index is -0.350. The number of nitrogens with one attached hydrogen (secondary N) is 1. The van der Waals surface area contributed by atoms with Gasteiger partial charge in [-0.15, -0.1) is 0 Å². The summed E-state index contributed by atoms with van der Waals surface area (Å²) in [5, 5.41) is 1.68. The van der Waals surface area contributed by atoms with Gasteiger partial charge in [-0.3, -0.25) is 15.0 Å². The van der Waals surface area contributed by atoms with Crippen molar-refractivity contribution in [1.82, 2.24) is 10.4 Å². The van der Waals surface area contributed by atoms with Crippen LogP contribution in [0.1, 0.15) is 10.4 Å². The second-order valence-electron chi connectivity index (χ2n) is 3.36. The molecule has 0 unspecified atom stereocenters. The summed E-state index contributed by atoms with van der Waals surface area (Å²) in [6.07, 6.45) is 5.99. The summed E-state index contributed by atoms with van der Waals surface area (Å²) in [7, 11) is 0. The van der Waals surface area contributed by atoms with Crippen molar-refractivity contribution in [2.24, 2.45) is 0 Å². The minimum absolute atomic E-state index is 0.324. The summed E-state index contributed by atoms with van der Waals surface area (Å²) in [5.41, 5.74) is 2.88. The van der Waals surface area contributed by atoms with Crippen LogP contribution in [0.2, 0.25) is 5.02 Å². The fourth-order valence-corrected chi connectivity index (χ4v) is 1.45. The first-order valence-electron chi connectivity index (χ1n) is 4.91. The summed E-state index contributed by atoms with van der Waals surface area (Å²) < 4.78 is 0. The molecule has 0 saturated carbocycles. The number of amides is 2. The molecule has 1 aromatic carbocycles. The van der Waals surface area contributed by atoms with Crippen molar-refractivity contribution < 1.29 is 9.59 Å². The molecule has 5 heteroatoms. The largest absolute Gasteiger partial charge is 0.276 e. The SMILES string of the molecule is O=C1C=CC=CN(C(=O)c2ccc(Cl)cc2)N1. The summed E-state index contributed by atoms with van der Waals surface area (Å²) in [5.74, 6) is -0.674. The third-order valence-corrected chi connectivity index (χ3v) is 2.39. The van der Waals surface area contributed by atoms with Crippen molar-refractivity contribution in [3.63, 3.8) is 0 Å². The Morgan fingerprint density at radius 2 is 1.88 bits per heavy atom. The highest BCUT2D eigenvalue weighted by Gasteiger charge is 2.15. The standard InChI is InChI=1S/C12H9ClN2O2/c13-10-6-4-9(5-7-10)12(17)15-8-2-1-3-11(16)14-15/h1-8H,(H,14,16). The molecule has 86 valence electrons. The van der Waals surface area contributed by atoms with E-state index in [4.69, 9.17) is 11.6 Å². The van der Waals surface area contributed by atoms with Gasteiger partial charge in [-0.1, -0.05) is 17.7 Å². The van der Waals surface area contributed by atoms with Crippen LogP contribution in [0, 0.1) is 0 Å². The molecule has 2 rings (SSSR count). The monoisotopic (exact) mass is 248 g/mol. The number of carbonyl (C=O) groups is 2. The smallest absolute Gasteiger partial charge is 0.268 e. The molecule has 1 aromatic rings. The van der Waals surface area contributed by atoms with Crippen LogP contribution >= 0.6 is 11.6 Å². The Hall–Kier alpha value is -2.07. The second-order valence-corrected chi connectivity index (χ2v) is 3.80. The fourth-order valence-electron chi connectivity index (χ4n) is 1.32. The number of nitrogens with zero attached hydrogens (tertiary/aromatic N) is 1. The first kappa shape index (κ1) is 11.4. The van der Waals surface area contributed by atoms with E-state index in [1.807, 2.05) is 0 Å². The van der Waals surface area contributed by atoms with Crippen molar-refractivity contribution in [2.75, 3.05) is 0 Å². The molecule has 1 N–H and O–H groups in total. The summed E-state index contributed by atoms with van der Waals surface area (Å²) in [4.78, 5) is 23.2. The fraction of sp³-hybridized carbons (Fsp3) is 0. The van der Waals surface area contributed by atoms with Gasteiger partial charge in [0.2, 0.25) is 0 Å². The maximum Gasteiger partial charge on any atom is 0.276 e. The number of hydrogen-bond donors (Lipinski definition) is 1. The average Bonchev–Trinajstić information content (AvgIpc) is 2.54. The topological polar surface area (TPSA) is 49.4 Å². The molecule has 2 amide bonds. The molecule has 0 aromatic heterocycles. The van der Waals surface area contributed by atoms with Crippen LogP contribution in [0.25, 0.3) is 0 Å². The molecule has 0 atom stereocenters. The number of allylic oxidation sites excluding steroid dienone is 2. The number of rotatable bonds is 1. The normalized spacial score (nSPS) is 14.4. The molecule has 17 heavy (non-hydrogen) atoms. The zero-order valence-electron chi connectivity index (χ0n) is 8.76. The van der Waals surface area contributed by atoms with Gasteiger partial charge < -0.3 is 0 Å². The van der Waals surface area contributed by atoms with Gasteiger partial charge in [0, 0.05) is 22.9 Å². The Bertz CT molecular complexity index is 506. The molecule has 0 bridgehead atoms. The van der Waals surface area contributed by atoms with Crippen LogP contribution in [0.3, 0.4) is 0 Å². The highest BCUT2D eigenvalue weighted by molar-refractivity contribution is 6.30. The third kappa shape index (κ3) is 2.73. The number of carbonyl (C=O) groups excluding carboxylic acids is 2. The Morgan fingerprint density at radius 3 is 2.59 bits per heavy atom. The molecular formula is C12H9ClN2O2. The minimum Gasteiger partial charge on any atom is -0.268 e. The van der Waals surface area contributed by atoms with Crippen LogP contribution in [0.4, 0.5) is 0 Å². The Labute approximate surface area is 103 Å². The van der Waals surface area contributed by atoms with Crippen molar-refractivity contribution in [2.45, 2.75) is 0 Å². The molecule has 1 aliphatic heterocycles. The zero-order chi connectivity index (χ0) is 12.3. The van der Waals surface area contributed by atoms with Gasteiger partial charge in [-0.2, -0.15) is 0 Å². The van der Waals surface area contributed by atoms with Gasteiger partial charge >= 0.3 is 0 Å². The lowest BCUT2D eigenvalue weighted by Crippen LogP contribution is -2.41. The molecular weight excluding hydrogens is 240 g/mol. The maximum absolute atomic E-state index is 12.0. The highest BCUT2D eigenvalue weighted by atomic mass is 35.5. The molecule has 1 aliphatic rings. The summed E-state index contributed by atoms with van der Waals surface area (Å²) in [6.45, 7) is 0. The van der Waals surface area contributed by atoms with E-state index in [-0.39, 0.29) is 11.8 Å². The molecule has 0 fully saturated rings. The number of hydrazine groups is 1. The lowest BCUT2D eigenvalue weighted by Gasteiger charge is -2.17. The van der Waals surface area contributed by atoms with Crippen molar-refractivity contribution in [3.05, 3.63) is 59.3 Å². The van der Waals surface area contributed by atoms with Gasteiger partial charge in [0.05, 0.1) is 0 Å². The number of benzene rings is 1. The predicted octanol–water partition coefficient (Wildman–Crippen LogP) is 1.90. The van der Waals surface area contributed by atoms with Crippen LogP contribution in [0.5, 0.6) is 0 Å². The van der Waals surface area contributed by atoms with Crippen LogP contribution in [-0.4, -0.2) is 16.8 Å². The van der Waals surface area contributed by atoms with Gasteiger partial charge in [0.15, 0.2) is 0 Å². The van der Waals surface area contributed by atoms with E-state index < -0.39 is 0 Å². The summed E-state index contributed by atoms with van der Waals surface area (Å²) in [6, 6.07) is 6.44. The Kier molecular flexibility index (Phi) is 3.25. The van der Waals surface area contributed by atoms with E-state index in [0.717, 1.165) is 5.01 Å². The lowest BCUT2D eigenvalue weighted by molar-refractivity contribution is -0.119. The third-order valence-electron chi connectivity index (χ3n) is 2.13. The van der Waals surface area contributed by atoms with E-state index in [2.05, 4.69) is 5.43 Å². The highest BCUT2D eigenvalue weighted by Crippen LogP contribution is 2.11. The van der Waals surface area contributed by atoms with E-state index in [1.54, 1.807) is 36.4 Å². The lowest BCUT2D eigenvalue weighted by atomic mass is 10.2. The molecule has 0 radical (unpaired) electrons. The molecule has 0 saturated heterocycles. The maximum atomic E-state index is 12.0. The Morgan fingerprint density at radius 1 is 1.18 bits per heavy atom. The molecule has 0 aliphatic carbocycles. The first-order chi connectivity index (χ1) is 8.16. The van der Waals surface area contributed by atoms with Crippen molar-refractivity contribution >= 4 is 23.4 Å². The quantitative estimate of drug-likeness (QED) is 0.825. The van der Waals surface area contributed by atoms with Gasteiger partial charge in [-0.25, -0.2) is 5.01 Å². The number of hydrogen-bond acceptors (Lipinski definition) is 2. The average molecular weight is 249 g/mol. The molecule has 4 nitrogen and oxygen atoms in total.